The van der Waals surface area contributed by atoms with Crippen LogP contribution in [0.5, 0.6) is 0 Å². The highest BCUT2D eigenvalue weighted by Gasteiger charge is 2.21. The fraction of sp³-hybridized carbons (Fsp3) is 0.200. The second-order valence-electron chi connectivity index (χ2n) is 4.62. The highest BCUT2D eigenvalue weighted by atomic mass is 35.5. The number of nitrogens with zero attached hydrogens (tertiary/aromatic N) is 1. The molecule has 110 valence electrons. The Morgan fingerprint density at radius 2 is 2.00 bits per heavy atom. The van der Waals surface area contributed by atoms with E-state index >= 15 is 0 Å². The van der Waals surface area contributed by atoms with Crippen LogP contribution in [0.25, 0.3) is 0 Å². The number of nitrogens with two attached hydrogens (primary N) is 1. The molecule has 0 radical (unpaired) electrons. The Hall–Kier alpha value is -1.62. The topological polar surface area (TPSA) is 68.0 Å². The van der Waals surface area contributed by atoms with Crippen molar-refractivity contribution in [3.05, 3.63) is 57.8 Å². The summed E-state index contributed by atoms with van der Waals surface area (Å²) < 4.78 is 0. The zero-order valence-electron chi connectivity index (χ0n) is 11.4. The molecule has 0 spiro atoms. The van der Waals surface area contributed by atoms with E-state index in [2.05, 4.69) is 10.3 Å². The molecule has 1 aromatic heterocycles. The van der Waals surface area contributed by atoms with Crippen molar-refractivity contribution in [3.8, 4) is 0 Å². The van der Waals surface area contributed by atoms with Crippen molar-refractivity contribution >= 4 is 34.8 Å². The van der Waals surface area contributed by atoms with E-state index in [-0.39, 0.29) is 22.8 Å². The van der Waals surface area contributed by atoms with Crippen LogP contribution in [0.15, 0.2) is 36.4 Å². The monoisotopic (exact) mass is 323 g/mol. The first kappa shape index (κ1) is 15.8. The van der Waals surface area contributed by atoms with Gasteiger partial charge >= 0.3 is 0 Å². The lowest BCUT2D eigenvalue weighted by atomic mass is 9.98. The summed E-state index contributed by atoms with van der Waals surface area (Å²) in [6.45, 7) is 2.00. The molecule has 0 saturated carbocycles. The van der Waals surface area contributed by atoms with E-state index < -0.39 is 5.92 Å². The highest BCUT2D eigenvalue weighted by Crippen LogP contribution is 2.27. The molecule has 2 rings (SSSR count). The second kappa shape index (κ2) is 6.89. The molecule has 1 amide bonds. The van der Waals surface area contributed by atoms with Crippen LogP contribution < -0.4 is 11.1 Å². The third-order valence-corrected chi connectivity index (χ3v) is 3.61. The number of hydrogen-bond donors (Lipinski definition) is 2. The summed E-state index contributed by atoms with van der Waals surface area (Å²) in [5.41, 5.74) is 7.79. The third-order valence-electron chi connectivity index (χ3n) is 3.14. The van der Waals surface area contributed by atoms with Crippen molar-refractivity contribution in [2.75, 3.05) is 11.9 Å². The lowest BCUT2D eigenvalue weighted by Crippen LogP contribution is -2.27. The van der Waals surface area contributed by atoms with Gasteiger partial charge in [0.1, 0.15) is 5.15 Å². The van der Waals surface area contributed by atoms with E-state index in [0.717, 1.165) is 11.1 Å². The first-order valence-electron chi connectivity index (χ1n) is 6.41. The maximum atomic E-state index is 12.4. The van der Waals surface area contributed by atoms with Crippen molar-refractivity contribution < 1.29 is 4.79 Å². The zero-order chi connectivity index (χ0) is 15.4. The van der Waals surface area contributed by atoms with Gasteiger partial charge in [-0.3, -0.25) is 4.79 Å². The molecule has 1 atom stereocenters. The van der Waals surface area contributed by atoms with Gasteiger partial charge in [-0.05, 0) is 24.1 Å². The van der Waals surface area contributed by atoms with Crippen LogP contribution in [-0.4, -0.2) is 17.4 Å². The Labute approximate surface area is 133 Å². The number of benzene rings is 1. The van der Waals surface area contributed by atoms with Gasteiger partial charge in [0.2, 0.25) is 5.91 Å². The smallest absolute Gasteiger partial charge is 0.233 e. The Balaban J connectivity index is 2.25. The largest absolute Gasteiger partial charge is 0.329 e. The Bertz CT molecular complexity index is 624. The van der Waals surface area contributed by atoms with Gasteiger partial charge in [0.05, 0.1) is 11.6 Å². The summed E-state index contributed by atoms with van der Waals surface area (Å²) in [7, 11) is 0. The molecule has 3 N–H and O–H groups in total. The first-order chi connectivity index (χ1) is 10.0. The lowest BCUT2D eigenvalue weighted by Gasteiger charge is -2.17. The van der Waals surface area contributed by atoms with Crippen LogP contribution in [0.3, 0.4) is 0 Å². The van der Waals surface area contributed by atoms with Crippen LogP contribution in [0.1, 0.15) is 17.0 Å². The quantitative estimate of drug-likeness (QED) is 0.847. The summed E-state index contributed by atoms with van der Waals surface area (Å²) >= 11 is 11.8. The number of hydrogen-bond acceptors (Lipinski definition) is 3. The number of carbonyl (C=O) groups is 1. The number of nitrogens with one attached hydrogen (secondary N) is 1. The van der Waals surface area contributed by atoms with E-state index in [1.807, 2.05) is 30.3 Å². The van der Waals surface area contributed by atoms with Crippen molar-refractivity contribution in [1.29, 1.82) is 0 Å². The molecule has 1 aromatic carbocycles. The molecule has 0 aliphatic carbocycles. The predicted octanol–water partition coefficient (Wildman–Crippen LogP) is 3.38. The molecule has 0 bridgehead atoms. The molecule has 2 aromatic rings. The Morgan fingerprint density at radius 1 is 1.33 bits per heavy atom. The maximum absolute atomic E-state index is 12.4. The predicted molar refractivity (Wildman–Crippen MR) is 85.9 cm³/mol. The number of carbonyl (C=O) groups excluding carboxylic acids is 1. The number of aromatic nitrogens is 1. The molecule has 4 nitrogen and oxygen atoms in total. The van der Waals surface area contributed by atoms with E-state index in [1.54, 1.807) is 13.0 Å². The molecule has 6 heteroatoms. The van der Waals surface area contributed by atoms with Gasteiger partial charge in [-0.2, -0.15) is 0 Å². The molecule has 0 aliphatic rings. The van der Waals surface area contributed by atoms with Gasteiger partial charge in [0.15, 0.2) is 5.15 Å². The van der Waals surface area contributed by atoms with Crippen LogP contribution in [0, 0.1) is 6.92 Å². The van der Waals surface area contributed by atoms with Gasteiger partial charge in [-0.15, -0.1) is 0 Å². The maximum Gasteiger partial charge on any atom is 0.233 e. The number of amides is 1. The molecule has 1 heterocycles. The number of anilines is 1. The van der Waals surface area contributed by atoms with Crippen molar-refractivity contribution in [2.24, 2.45) is 5.73 Å². The summed E-state index contributed by atoms with van der Waals surface area (Å²) in [5.74, 6) is -0.671. The SMILES string of the molecule is Cc1cc(Cl)nc(Cl)c1NC(=O)C(CN)c1ccccc1. The number of rotatable bonds is 4. The molecular formula is C15H15Cl2N3O. The van der Waals surface area contributed by atoms with Crippen LogP contribution in [0.4, 0.5) is 5.69 Å². The van der Waals surface area contributed by atoms with Gasteiger partial charge in [-0.25, -0.2) is 4.98 Å². The van der Waals surface area contributed by atoms with Crippen LogP contribution >= 0.6 is 23.2 Å². The number of pyridine rings is 1. The van der Waals surface area contributed by atoms with Gasteiger partial charge in [-0.1, -0.05) is 53.5 Å². The van der Waals surface area contributed by atoms with E-state index in [0.29, 0.717) is 5.69 Å². The molecular weight excluding hydrogens is 309 g/mol. The Kier molecular flexibility index (Phi) is 5.17. The minimum Gasteiger partial charge on any atom is -0.329 e. The van der Waals surface area contributed by atoms with Crippen LogP contribution in [-0.2, 0) is 4.79 Å². The number of halogens is 2. The molecule has 0 saturated heterocycles. The standard InChI is InChI=1S/C15H15Cl2N3O/c1-9-7-12(16)19-14(17)13(9)20-15(21)11(8-18)10-5-3-2-4-6-10/h2-7,11H,8,18H2,1H3,(H,20,21). The lowest BCUT2D eigenvalue weighted by molar-refractivity contribution is -0.117. The summed E-state index contributed by atoms with van der Waals surface area (Å²) in [5, 5.41) is 3.23. The van der Waals surface area contributed by atoms with Gasteiger partial charge in [0.25, 0.3) is 0 Å². The summed E-state index contributed by atoms with van der Waals surface area (Å²) in [4.78, 5) is 16.4. The van der Waals surface area contributed by atoms with E-state index in [9.17, 15) is 4.79 Å². The average molecular weight is 324 g/mol. The molecule has 1 unspecified atom stereocenters. The number of aryl methyl sites for hydroxylation is 1. The van der Waals surface area contributed by atoms with E-state index in [1.165, 1.54) is 0 Å². The molecule has 0 aliphatic heterocycles. The summed E-state index contributed by atoms with van der Waals surface area (Å²) in [6, 6.07) is 11.0. The minimum absolute atomic E-state index is 0.164. The highest BCUT2D eigenvalue weighted by molar-refractivity contribution is 6.34. The summed E-state index contributed by atoms with van der Waals surface area (Å²) in [6.07, 6.45) is 0. The second-order valence-corrected chi connectivity index (χ2v) is 5.36. The fourth-order valence-electron chi connectivity index (χ4n) is 2.04. The average Bonchev–Trinajstić information content (AvgIpc) is 2.45. The Morgan fingerprint density at radius 3 is 2.57 bits per heavy atom. The molecule has 21 heavy (non-hydrogen) atoms. The minimum atomic E-state index is -0.447. The van der Waals surface area contributed by atoms with Gasteiger partial charge < -0.3 is 11.1 Å². The first-order valence-corrected chi connectivity index (χ1v) is 7.17. The van der Waals surface area contributed by atoms with Crippen molar-refractivity contribution in [2.45, 2.75) is 12.8 Å². The fourth-order valence-corrected chi connectivity index (χ4v) is 2.61. The zero-order valence-corrected chi connectivity index (χ0v) is 12.9. The molecule has 0 fully saturated rings. The van der Waals surface area contributed by atoms with Crippen LogP contribution in [0.2, 0.25) is 10.3 Å². The van der Waals surface area contributed by atoms with Crippen molar-refractivity contribution in [1.82, 2.24) is 4.98 Å². The van der Waals surface area contributed by atoms with E-state index in [4.69, 9.17) is 28.9 Å². The van der Waals surface area contributed by atoms with Gasteiger partial charge in [0, 0.05) is 6.54 Å². The van der Waals surface area contributed by atoms with Crippen molar-refractivity contribution in [3.63, 3.8) is 0 Å². The normalized spacial score (nSPS) is 12.0. The third kappa shape index (κ3) is 3.73.